The molecule has 1 atom stereocenters. The van der Waals surface area contributed by atoms with Crippen LogP contribution in [0.2, 0.25) is 0 Å². The van der Waals surface area contributed by atoms with E-state index >= 15 is 0 Å². The van der Waals surface area contributed by atoms with E-state index in [-0.39, 0.29) is 28.2 Å². The Hall–Kier alpha value is -2.09. The van der Waals surface area contributed by atoms with Crippen molar-refractivity contribution >= 4 is 27.7 Å². The lowest BCUT2D eigenvalue weighted by atomic mass is 10.3. The molecular formula is C13H10BrF2N3O2. The Kier molecular flexibility index (Phi) is 4.79. The van der Waals surface area contributed by atoms with Gasteiger partial charge in [-0.3, -0.25) is 4.79 Å². The maximum Gasteiger partial charge on any atom is 0.239 e. The van der Waals surface area contributed by atoms with Crippen molar-refractivity contribution in [3.8, 4) is 11.6 Å². The van der Waals surface area contributed by atoms with E-state index in [1.807, 2.05) is 0 Å². The van der Waals surface area contributed by atoms with Crippen molar-refractivity contribution in [2.75, 3.05) is 5.32 Å². The highest BCUT2D eigenvalue weighted by molar-refractivity contribution is 9.10. The minimum absolute atomic E-state index is 0.0189. The molecule has 0 aliphatic heterocycles. The van der Waals surface area contributed by atoms with Crippen molar-refractivity contribution in [3.05, 3.63) is 42.0 Å². The Morgan fingerprint density at radius 1 is 1.29 bits per heavy atom. The van der Waals surface area contributed by atoms with Crippen LogP contribution in [0, 0.1) is 11.6 Å². The van der Waals surface area contributed by atoms with Crippen molar-refractivity contribution in [2.45, 2.75) is 11.8 Å². The van der Waals surface area contributed by atoms with Crippen LogP contribution < -0.4 is 10.1 Å². The Morgan fingerprint density at radius 2 is 2.05 bits per heavy atom. The summed E-state index contributed by atoms with van der Waals surface area (Å²) >= 11 is 3.11. The lowest BCUT2D eigenvalue weighted by Crippen LogP contribution is -2.20. The van der Waals surface area contributed by atoms with Crippen molar-refractivity contribution in [1.29, 1.82) is 0 Å². The second-order valence-corrected chi connectivity index (χ2v) is 5.41. The third-order valence-electron chi connectivity index (χ3n) is 2.36. The molecule has 1 heterocycles. The molecule has 0 aliphatic rings. The van der Waals surface area contributed by atoms with Crippen LogP contribution in [0.15, 0.2) is 30.3 Å². The van der Waals surface area contributed by atoms with Gasteiger partial charge in [0.15, 0.2) is 17.4 Å². The molecule has 1 aromatic heterocycles. The first-order chi connectivity index (χ1) is 9.95. The third kappa shape index (κ3) is 4.19. The number of nitrogens with zero attached hydrogens (tertiary/aromatic N) is 2. The summed E-state index contributed by atoms with van der Waals surface area (Å²) in [5.41, 5.74) is 0. The van der Waals surface area contributed by atoms with E-state index in [4.69, 9.17) is 4.74 Å². The summed E-state index contributed by atoms with van der Waals surface area (Å²) in [6.45, 7) is 1.66. The number of nitrogens with one attached hydrogen (secondary N) is 1. The summed E-state index contributed by atoms with van der Waals surface area (Å²) in [6.07, 6.45) is 0. The minimum Gasteiger partial charge on any atom is -0.434 e. The summed E-state index contributed by atoms with van der Waals surface area (Å²) in [4.78, 5) is 11.1. The maximum absolute atomic E-state index is 13.4. The minimum atomic E-state index is -0.845. The molecule has 2 rings (SSSR count). The van der Waals surface area contributed by atoms with Gasteiger partial charge in [-0.05, 0) is 25.1 Å². The van der Waals surface area contributed by atoms with Gasteiger partial charge >= 0.3 is 0 Å². The van der Waals surface area contributed by atoms with Crippen LogP contribution in [-0.4, -0.2) is 20.9 Å². The molecule has 0 aliphatic carbocycles. The van der Waals surface area contributed by atoms with Gasteiger partial charge in [0, 0.05) is 12.1 Å². The number of carbonyl (C=O) groups is 1. The molecule has 8 heteroatoms. The number of ether oxygens (including phenoxy) is 1. The van der Waals surface area contributed by atoms with Gasteiger partial charge < -0.3 is 10.1 Å². The van der Waals surface area contributed by atoms with E-state index in [0.717, 1.165) is 12.1 Å². The highest BCUT2D eigenvalue weighted by atomic mass is 79.9. The van der Waals surface area contributed by atoms with Crippen LogP contribution in [0.4, 0.5) is 14.6 Å². The summed E-state index contributed by atoms with van der Waals surface area (Å²) in [6, 6.07) is 5.78. The predicted octanol–water partition coefficient (Wildman–Crippen LogP) is 3.27. The highest BCUT2D eigenvalue weighted by Crippen LogP contribution is 2.23. The zero-order chi connectivity index (χ0) is 15.4. The van der Waals surface area contributed by atoms with Crippen molar-refractivity contribution in [3.63, 3.8) is 0 Å². The standard InChI is InChI=1S/C13H10BrF2N3O2/c1-7(14)13(20)17-11-4-5-12(19-18-11)21-10-3-2-8(15)6-9(10)16/h2-7H,1H3,(H,17,18,20)/t7-/m1/s1. The van der Waals surface area contributed by atoms with Gasteiger partial charge in [-0.15, -0.1) is 10.2 Å². The molecule has 0 unspecified atom stereocenters. The Bertz CT molecular complexity index is 650. The second kappa shape index (κ2) is 6.57. The number of anilines is 1. The first-order valence-corrected chi connectivity index (χ1v) is 6.79. The van der Waals surface area contributed by atoms with Gasteiger partial charge in [-0.1, -0.05) is 15.9 Å². The fourth-order valence-electron chi connectivity index (χ4n) is 1.34. The molecule has 5 nitrogen and oxygen atoms in total. The summed E-state index contributed by atoms with van der Waals surface area (Å²) in [5.74, 6) is -1.74. The second-order valence-electron chi connectivity index (χ2n) is 4.04. The summed E-state index contributed by atoms with van der Waals surface area (Å²) in [5, 5.41) is 9.92. The lowest BCUT2D eigenvalue weighted by Gasteiger charge is -2.07. The molecule has 1 N–H and O–H groups in total. The van der Waals surface area contributed by atoms with Gasteiger partial charge in [-0.25, -0.2) is 8.78 Å². The molecule has 0 radical (unpaired) electrons. The van der Waals surface area contributed by atoms with Gasteiger partial charge in [0.1, 0.15) is 5.82 Å². The quantitative estimate of drug-likeness (QED) is 0.853. The van der Waals surface area contributed by atoms with Crippen LogP contribution in [-0.2, 0) is 4.79 Å². The molecule has 0 saturated heterocycles. The molecule has 0 fully saturated rings. The molecule has 21 heavy (non-hydrogen) atoms. The number of hydrogen-bond acceptors (Lipinski definition) is 4. The van der Waals surface area contributed by atoms with Crippen LogP contribution in [0.25, 0.3) is 0 Å². The van der Waals surface area contributed by atoms with Crippen molar-refractivity contribution < 1.29 is 18.3 Å². The Balaban J connectivity index is 2.07. The Labute approximate surface area is 127 Å². The highest BCUT2D eigenvalue weighted by Gasteiger charge is 2.11. The SMILES string of the molecule is C[C@@H](Br)C(=O)Nc1ccc(Oc2ccc(F)cc2F)nn1. The molecule has 2 aromatic rings. The number of hydrogen-bond donors (Lipinski definition) is 1. The number of halogens is 3. The number of aromatic nitrogens is 2. The molecular weight excluding hydrogens is 348 g/mol. The zero-order valence-corrected chi connectivity index (χ0v) is 12.4. The summed E-state index contributed by atoms with van der Waals surface area (Å²) in [7, 11) is 0. The average molecular weight is 358 g/mol. The molecule has 1 aromatic carbocycles. The third-order valence-corrected chi connectivity index (χ3v) is 2.78. The fourth-order valence-corrected chi connectivity index (χ4v) is 1.45. The van der Waals surface area contributed by atoms with Crippen LogP contribution in [0.1, 0.15) is 6.92 Å². The van der Waals surface area contributed by atoms with Gasteiger partial charge in [0.25, 0.3) is 0 Å². The van der Waals surface area contributed by atoms with Crippen molar-refractivity contribution in [2.24, 2.45) is 0 Å². The zero-order valence-electron chi connectivity index (χ0n) is 10.8. The molecule has 0 spiro atoms. The van der Waals surface area contributed by atoms with E-state index in [9.17, 15) is 13.6 Å². The lowest BCUT2D eigenvalue weighted by molar-refractivity contribution is -0.115. The smallest absolute Gasteiger partial charge is 0.239 e. The first kappa shape index (κ1) is 15.3. The monoisotopic (exact) mass is 357 g/mol. The fraction of sp³-hybridized carbons (Fsp3) is 0.154. The number of amides is 1. The van der Waals surface area contributed by atoms with Crippen molar-refractivity contribution in [1.82, 2.24) is 10.2 Å². The van der Waals surface area contributed by atoms with E-state index in [1.54, 1.807) is 6.92 Å². The predicted molar refractivity (Wildman–Crippen MR) is 75.5 cm³/mol. The van der Waals surface area contributed by atoms with Crippen LogP contribution in [0.3, 0.4) is 0 Å². The van der Waals surface area contributed by atoms with Gasteiger partial charge in [-0.2, -0.15) is 0 Å². The van der Waals surface area contributed by atoms with Gasteiger partial charge in [0.05, 0.1) is 4.83 Å². The number of benzene rings is 1. The van der Waals surface area contributed by atoms with E-state index < -0.39 is 11.6 Å². The summed E-state index contributed by atoms with van der Waals surface area (Å²) < 4.78 is 31.3. The molecule has 110 valence electrons. The average Bonchev–Trinajstić information content (AvgIpc) is 2.43. The molecule has 1 amide bonds. The number of alkyl halides is 1. The molecule has 0 bridgehead atoms. The van der Waals surface area contributed by atoms with E-state index in [0.29, 0.717) is 6.07 Å². The number of rotatable bonds is 4. The number of carbonyl (C=O) groups excluding carboxylic acids is 1. The topological polar surface area (TPSA) is 64.1 Å². The largest absolute Gasteiger partial charge is 0.434 e. The van der Waals surface area contributed by atoms with E-state index in [1.165, 1.54) is 12.1 Å². The molecule has 0 saturated carbocycles. The first-order valence-electron chi connectivity index (χ1n) is 5.87. The van der Waals surface area contributed by atoms with Crippen LogP contribution in [0.5, 0.6) is 11.6 Å². The Morgan fingerprint density at radius 3 is 2.62 bits per heavy atom. The van der Waals surface area contributed by atoms with Gasteiger partial charge in [0.2, 0.25) is 11.8 Å². The van der Waals surface area contributed by atoms with Crippen LogP contribution >= 0.6 is 15.9 Å². The normalized spacial score (nSPS) is 11.8. The van der Waals surface area contributed by atoms with E-state index in [2.05, 4.69) is 31.4 Å². The maximum atomic E-state index is 13.4.